The molecule has 4 nitrogen and oxygen atoms in total. The lowest BCUT2D eigenvalue weighted by Crippen LogP contribution is -2.07. The highest BCUT2D eigenvalue weighted by atomic mass is 32.2. The third-order valence-corrected chi connectivity index (χ3v) is 4.14. The van der Waals surface area contributed by atoms with Crippen LogP contribution in [0.5, 0.6) is 11.5 Å². The summed E-state index contributed by atoms with van der Waals surface area (Å²) in [5.74, 6) is 1.19. The van der Waals surface area contributed by atoms with Crippen LogP contribution in [0.25, 0.3) is 6.08 Å². The number of methoxy groups -OCH3 is 1. The molecule has 5 heteroatoms. The van der Waals surface area contributed by atoms with Gasteiger partial charge in [-0.15, -0.1) is 11.8 Å². The molecule has 0 aliphatic carbocycles. The number of ether oxygens (including phenoxy) is 2. The number of anilines is 1. The van der Waals surface area contributed by atoms with E-state index in [2.05, 4.69) is 12.2 Å². The minimum absolute atomic E-state index is 0.177. The van der Waals surface area contributed by atoms with Gasteiger partial charge in [0, 0.05) is 16.7 Å². The van der Waals surface area contributed by atoms with Crippen molar-refractivity contribution in [3.8, 4) is 11.5 Å². The van der Waals surface area contributed by atoms with Gasteiger partial charge in [0.1, 0.15) is 0 Å². The molecule has 0 saturated carbocycles. The van der Waals surface area contributed by atoms with Crippen molar-refractivity contribution in [3.63, 3.8) is 0 Å². The molecule has 0 radical (unpaired) electrons. The Hall–Kier alpha value is -2.40. The quantitative estimate of drug-likeness (QED) is 0.541. The van der Waals surface area contributed by atoms with Crippen molar-refractivity contribution >= 4 is 29.4 Å². The first-order valence-electron chi connectivity index (χ1n) is 8.10. The first-order valence-corrected chi connectivity index (χ1v) is 9.32. The molecular weight excluding hydrogens is 334 g/mol. The van der Waals surface area contributed by atoms with Crippen LogP contribution in [0, 0.1) is 0 Å². The predicted octanol–water partition coefficient (Wildman–Crippen LogP) is 4.86. The number of carbonyl (C=O) groups is 1. The number of hydrogen-bond donors (Lipinski definition) is 1. The van der Waals surface area contributed by atoms with E-state index in [1.54, 1.807) is 24.9 Å². The first kappa shape index (κ1) is 18.9. The van der Waals surface area contributed by atoms with Gasteiger partial charge in [-0.3, -0.25) is 4.79 Å². The first-order chi connectivity index (χ1) is 12.2. The SMILES string of the molecule is CCCOc1ccc(/C=C/C(=O)Nc2cccc(SC)c2)cc1OC. The molecule has 25 heavy (non-hydrogen) atoms. The van der Waals surface area contributed by atoms with Crippen LogP contribution in [-0.4, -0.2) is 25.9 Å². The summed E-state index contributed by atoms with van der Waals surface area (Å²) in [5.41, 5.74) is 1.65. The van der Waals surface area contributed by atoms with Crippen LogP contribution >= 0.6 is 11.8 Å². The lowest BCUT2D eigenvalue weighted by molar-refractivity contribution is -0.111. The Labute approximate surface area is 153 Å². The van der Waals surface area contributed by atoms with E-state index in [9.17, 15) is 4.79 Å². The van der Waals surface area contributed by atoms with Gasteiger partial charge in [0.25, 0.3) is 0 Å². The van der Waals surface area contributed by atoms with Gasteiger partial charge in [0.05, 0.1) is 13.7 Å². The molecule has 0 unspecified atom stereocenters. The number of carbonyl (C=O) groups excluding carboxylic acids is 1. The van der Waals surface area contributed by atoms with Gasteiger partial charge in [0.15, 0.2) is 11.5 Å². The topological polar surface area (TPSA) is 47.6 Å². The minimum Gasteiger partial charge on any atom is -0.493 e. The maximum absolute atomic E-state index is 12.1. The normalized spacial score (nSPS) is 10.7. The lowest BCUT2D eigenvalue weighted by Gasteiger charge is -2.10. The van der Waals surface area contributed by atoms with Gasteiger partial charge >= 0.3 is 0 Å². The van der Waals surface area contributed by atoms with E-state index in [0.717, 1.165) is 22.6 Å². The van der Waals surface area contributed by atoms with Gasteiger partial charge in [-0.2, -0.15) is 0 Å². The van der Waals surface area contributed by atoms with Crippen molar-refractivity contribution in [1.29, 1.82) is 0 Å². The van der Waals surface area contributed by atoms with Crippen molar-refractivity contribution in [3.05, 3.63) is 54.1 Å². The molecule has 0 bridgehead atoms. The number of rotatable bonds is 8. The average Bonchev–Trinajstić information content (AvgIpc) is 2.65. The van der Waals surface area contributed by atoms with E-state index >= 15 is 0 Å². The second kappa shape index (κ2) is 9.79. The maximum Gasteiger partial charge on any atom is 0.248 e. The molecule has 0 aliphatic heterocycles. The Kier molecular flexibility index (Phi) is 7.41. The summed E-state index contributed by atoms with van der Waals surface area (Å²) < 4.78 is 11.0. The third-order valence-electron chi connectivity index (χ3n) is 3.41. The van der Waals surface area contributed by atoms with Crippen LogP contribution in [0.3, 0.4) is 0 Å². The van der Waals surface area contributed by atoms with E-state index in [0.29, 0.717) is 18.1 Å². The molecule has 1 amide bonds. The molecule has 2 aromatic carbocycles. The van der Waals surface area contributed by atoms with E-state index in [4.69, 9.17) is 9.47 Å². The molecule has 0 heterocycles. The second-order valence-corrected chi connectivity index (χ2v) is 6.19. The Morgan fingerprint density at radius 3 is 2.76 bits per heavy atom. The highest BCUT2D eigenvalue weighted by Gasteiger charge is 2.05. The smallest absolute Gasteiger partial charge is 0.248 e. The number of hydrogen-bond acceptors (Lipinski definition) is 4. The average molecular weight is 357 g/mol. The Morgan fingerprint density at radius 2 is 2.04 bits per heavy atom. The van der Waals surface area contributed by atoms with Crippen molar-refractivity contribution in [2.75, 3.05) is 25.3 Å². The van der Waals surface area contributed by atoms with Crippen LogP contribution in [0.2, 0.25) is 0 Å². The summed E-state index contributed by atoms with van der Waals surface area (Å²) in [5, 5.41) is 2.86. The molecule has 2 rings (SSSR count). The molecule has 0 spiro atoms. The highest BCUT2D eigenvalue weighted by Crippen LogP contribution is 2.28. The molecule has 0 atom stereocenters. The van der Waals surface area contributed by atoms with Gasteiger partial charge in [0.2, 0.25) is 5.91 Å². The summed E-state index contributed by atoms with van der Waals surface area (Å²) >= 11 is 1.64. The Morgan fingerprint density at radius 1 is 1.20 bits per heavy atom. The predicted molar refractivity (Wildman–Crippen MR) is 105 cm³/mol. The van der Waals surface area contributed by atoms with Gasteiger partial charge in [-0.25, -0.2) is 0 Å². The minimum atomic E-state index is -0.177. The van der Waals surface area contributed by atoms with Crippen molar-refractivity contribution in [1.82, 2.24) is 0 Å². The summed E-state index contributed by atoms with van der Waals surface area (Å²) in [6.07, 6.45) is 6.19. The fourth-order valence-corrected chi connectivity index (χ4v) is 2.64. The summed E-state index contributed by atoms with van der Waals surface area (Å²) in [4.78, 5) is 13.2. The van der Waals surface area contributed by atoms with Crippen molar-refractivity contribution in [2.45, 2.75) is 18.2 Å². The van der Waals surface area contributed by atoms with Crippen molar-refractivity contribution < 1.29 is 14.3 Å². The zero-order chi connectivity index (χ0) is 18.1. The van der Waals surface area contributed by atoms with Crippen LogP contribution in [0.1, 0.15) is 18.9 Å². The second-order valence-electron chi connectivity index (χ2n) is 5.31. The van der Waals surface area contributed by atoms with Crippen molar-refractivity contribution in [2.24, 2.45) is 0 Å². The number of nitrogens with one attached hydrogen (secondary N) is 1. The van der Waals surface area contributed by atoms with Crippen LogP contribution < -0.4 is 14.8 Å². The third kappa shape index (κ3) is 5.87. The molecule has 0 saturated heterocycles. The molecule has 2 aromatic rings. The highest BCUT2D eigenvalue weighted by molar-refractivity contribution is 7.98. The fourth-order valence-electron chi connectivity index (χ4n) is 2.18. The molecular formula is C20H23NO3S. The Balaban J connectivity index is 2.03. The monoisotopic (exact) mass is 357 g/mol. The molecule has 0 aliphatic rings. The van der Waals surface area contributed by atoms with Crippen LogP contribution in [0.15, 0.2) is 53.4 Å². The van der Waals surface area contributed by atoms with E-state index < -0.39 is 0 Å². The number of thioether (sulfide) groups is 1. The summed E-state index contributed by atoms with van der Waals surface area (Å²) in [6.45, 7) is 2.69. The largest absolute Gasteiger partial charge is 0.493 e. The van der Waals surface area contributed by atoms with Crippen LogP contribution in [0.4, 0.5) is 5.69 Å². The lowest BCUT2D eigenvalue weighted by atomic mass is 10.2. The van der Waals surface area contributed by atoms with Gasteiger partial charge in [-0.05, 0) is 54.6 Å². The van der Waals surface area contributed by atoms with Crippen LogP contribution in [-0.2, 0) is 4.79 Å². The summed E-state index contributed by atoms with van der Waals surface area (Å²) in [6, 6.07) is 13.3. The fraction of sp³-hybridized carbons (Fsp3) is 0.250. The zero-order valence-electron chi connectivity index (χ0n) is 14.7. The molecule has 132 valence electrons. The summed E-state index contributed by atoms with van der Waals surface area (Å²) in [7, 11) is 1.60. The molecule has 0 aromatic heterocycles. The molecule has 0 fully saturated rings. The maximum atomic E-state index is 12.1. The number of amides is 1. The van der Waals surface area contributed by atoms with E-state index in [1.807, 2.05) is 48.7 Å². The van der Waals surface area contributed by atoms with E-state index in [1.165, 1.54) is 6.08 Å². The van der Waals surface area contributed by atoms with Gasteiger partial charge in [-0.1, -0.05) is 19.1 Å². The zero-order valence-corrected chi connectivity index (χ0v) is 15.6. The van der Waals surface area contributed by atoms with Gasteiger partial charge < -0.3 is 14.8 Å². The Bertz CT molecular complexity index is 743. The standard InChI is InChI=1S/C20H23NO3S/c1-4-12-24-18-10-8-15(13-19(18)23-2)9-11-20(22)21-16-6-5-7-17(14-16)25-3/h5-11,13-14H,4,12H2,1-3H3,(H,21,22)/b11-9+. The van der Waals surface area contributed by atoms with E-state index in [-0.39, 0.29) is 5.91 Å². The molecule has 1 N–H and O–H groups in total. The number of benzene rings is 2.